The first-order valence-electron chi connectivity index (χ1n) is 41.1. The van der Waals surface area contributed by atoms with E-state index in [-0.39, 0.29) is 84.9 Å². The molecular formula is C76H80F4N8O36P4S4. The Kier molecular flexibility index (Phi) is 27.0. The summed E-state index contributed by atoms with van der Waals surface area (Å²) in [6.45, 7) is 3.26. The zero-order valence-corrected chi connectivity index (χ0v) is 75.8. The highest BCUT2D eigenvalue weighted by molar-refractivity contribution is 7.71. The van der Waals surface area contributed by atoms with E-state index >= 15 is 17.6 Å². The van der Waals surface area contributed by atoms with Gasteiger partial charge in [0.1, 0.15) is 98.2 Å². The molecule has 20 atom stereocenters. The molecule has 0 radical (unpaired) electrons. The van der Waals surface area contributed by atoms with Gasteiger partial charge in [-0.1, -0.05) is 70.8 Å². The lowest BCUT2D eigenvalue weighted by atomic mass is 10.1. The van der Waals surface area contributed by atoms with Crippen molar-refractivity contribution in [2.75, 3.05) is 26.3 Å². The number of benzene rings is 4. The minimum atomic E-state index is -4.86. The Morgan fingerprint density at radius 1 is 0.394 bits per heavy atom. The number of nitrogens with zero attached hydrogens (tertiary/aromatic N) is 4. The molecule has 16 rings (SSSR count). The highest BCUT2D eigenvalue weighted by atomic mass is 32.1. The van der Waals surface area contributed by atoms with Gasteiger partial charge in [0.25, 0.3) is 45.7 Å². The number of hydrogen-bond acceptors (Lipinski definition) is 40. The number of hydrogen-bond donors (Lipinski definition) is 12. The number of carbonyl (C=O) groups is 4. The molecule has 0 bridgehead atoms. The molecule has 0 aliphatic carbocycles. The number of phosphoric ester groups is 4. The number of carbonyl (C=O) groups excluding carboxylic acids is 4. The third kappa shape index (κ3) is 20.6. The van der Waals surface area contributed by atoms with Crippen molar-refractivity contribution in [3.63, 3.8) is 0 Å². The van der Waals surface area contributed by atoms with Gasteiger partial charge in [-0.3, -0.25) is 113 Å². The molecule has 4 unspecified atom stereocenters. The quantitative estimate of drug-likeness (QED) is 0.0149. The van der Waals surface area contributed by atoms with Crippen LogP contribution >= 0.6 is 80.2 Å². The van der Waals surface area contributed by atoms with Gasteiger partial charge in [0.2, 0.25) is 0 Å². The molecule has 56 heteroatoms. The number of aldehydes is 4. The van der Waals surface area contributed by atoms with E-state index in [4.69, 9.17) is 130 Å². The zero-order chi connectivity index (χ0) is 102. The second kappa shape index (κ2) is 38.6. The van der Waals surface area contributed by atoms with Crippen molar-refractivity contribution in [1.82, 2.24) is 38.2 Å². The van der Waals surface area contributed by atoms with Crippen LogP contribution in [0.5, 0.6) is 23.0 Å². The van der Waals surface area contributed by atoms with Crippen molar-refractivity contribution >= 4 is 105 Å². The number of halogens is 4. The van der Waals surface area contributed by atoms with Crippen molar-refractivity contribution in [3.05, 3.63) is 223 Å². The summed E-state index contributed by atoms with van der Waals surface area (Å²) < 4.78 is 247. The zero-order valence-electron chi connectivity index (χ0n) is 75.0. The first-order valence-corrected chi connectivity index (χ1v) is 45.6. The van der Waals surface area contributed by atoms with Gasteiger partial charge in [0.05, 0.1) is 56.9 Å². The van der Waals surface area contributed by atoms with Gasteiger partial charge in [0, 0.05) is 47.0 Å². The molecule has 132 heavy (non-hydrogen) atoms. The average molecular weight is 2020 g/mol. The first kappa shape index (κ1) is 92.1. The third-order valence-electron chi connectivity index (χ3n) is 20.3. The molecule has 4 aromatic carbocycles. The number of nitrogens with one attached hydrogen (secondary N) is 4. The van der Waals surface area contributed by atoms with Crippen LogP contribution in [0.1, 0.15) is 141 Å². The summed E-state index contributed by atoms with van der Waals surface area (Å²) in [7, 11) is -18.3. The minimum absolute atomic E-state index is 0.0718. The Morgan fingerprint density at radius 3 is 0.932 bits per heavy atom. The fraction of sp³-hybridized carbons (Fsp3) is 0.421. The molecule has 0 saturated carbocycles. The number of phosphoric acid groups is 4. The van der Waals surface area contributed by atoms with E-state index in [1.165, 1.54) is 0 Å². The van der Waals surface area contributed by atoms with Crippen molar-refractivity contribution in [2.45, 2.75) is 179 Å². The Morgan fingerprint density at radius 2 is 0.629 bits per heavy atom. The van der Waals surface area contributed by atoms with Gasteiger partial charge in [-0.25, -0.2) is 35.8 Å². The van der Waals surface area contributed by atoms with E-state index in [0.717, 1.165) is 50.0 Å². The Bertz CT molecular complexity index is 7030. The average Bonchev–Trinajstić information content (AvgIpc) is 1.56. The van der Waals surface area contributed by atoms with Gasteiger partial charge >= 0.3 is 31.3 Å². The van der Waals surface area contributed by atoms with Crippen LogP contribution in [0.25, 0.3) is 0 Å². The molecular weight excluding hydrogens is 1930 g/mol. The second-order valence-electron chi connectivity index (χ2n) is 30.3. The molecule has 0 spiro atoms. The Balaban J connectivity index is 0.000000155. The highest BCUT2D eigenvalue weighted by Gasteiger charge is 2.62. The molecule has 8 aliphatic rings. The van der Waals surface area contributed by atoms with Crippen LogP contribution in [0.4, 0.5) is 17.6 Å². The summed E-state index contributed by atoms with van der Waals surface area (Å²) in [5.74, 6) is -13.5. The molecule has 12 heterocycles. The number of rotatable bonds is 20. The molecule has 712 valence electrons. The van der Waals surface area contributed by atoms with Crippen LogP contribution in [0.15, 0.2) is 92.5 Å². The van der Waals surface area contributed by atoms with Crippen LogP contribution in [0, 0.1) is 74.5 Å². The smallest absolute Gasteiger partial charge is 0.403 e. The molecule has 8 aliphatic heterocycles. The maximum Gasteiger partial charge on any atom is 0.530 e. The number of H-pyrrole nitrogens is 4. The summed E-state index contributed by atoms with van der Waals surface area (Å²) in [6, 6.07) is 13.9. The first-order chi connectivity index (χ1) is 64.1. The van der Waals surface area contributed by atoms with Crippen molar-refractivity contribution in [1.29, 1.82) is 0 Å². The van der Waals surface area contributed by atoms with Gasteiger partial charge in [0.15, 0.2) is 69.1 Å². The van der Waals surface area contributed by atoms with E-state index in [1.54, 1.807) is 83.1 Å². The topological polar surface area (TPSA) is 597 Å². The second-order valence-corrected chi connectivity index (χ2v) is 38.0. The maximum atomic E-state index is 16.0. The minimum Gasteiger partial charge on any atom is -0.403 e. The third-order valence-corrected chi connectivity index (χ3v) is 26.5. The fourth-order valence-electron chi connectivity index (χ4n) is 14.0. The van der Waals surface area contributed by atoms with Crippen molar-refractivity contribution < 1.29 is 177 Å². The molecule has 4 fully saturated rings. The predicted molar refractivity (Wildman–Crippen MR) is 449 cm³/mol. The normalized spacial score (nSPS) is 33.1. The van der Waals surface area contributed by atoms with E-state index in [1.807, 2.05) is 25.8 Å². The number of fused-ring (bicyclic) bond motifs is 4. The fourth-order valence-corrected chi connectivity index (χ4v) is 19.9. The van der Waals surface area contributed by atoms with Gasteiger partial charge in [-0.15, -0.1) is 0 Å². The molecule has 4 saturated heterocycles. The lowest BCUT2D eigenvalue weighted by Gasteiger charge is -2.29. The lowest BCUT2D eigenvalue weighted by Crippen LogP contribution is -2.43. The van der Waals surface area contributed by atoms with Crippen LogP contribution < -0.4 is 40.3 Å². The van der Waals surface area contributed by atoms with Crippen molar-refractivity contribution in [3.8, 4) is 23.0 Å². The number of aliphatic hydroxyl groups excluding tert-OH is 8. The molecule has 44 nitrogen and oxygen atoms in total. The highest BCUT2D eigenvalue weighted by Crippen LogP contribution is 2.61. The Labute approximate surface area is 768 Å². The van der Waals surface area contributed by atoms with Crippen LogP contribution in [-0.4, -0.2) is 203 Å². The number of aliphatic hydroxyl groups is 8. The van der Waals surface area contributed by atoms with Crippen LogP contribution in [-0.2, 0) is 99.8 Å². The SMILES string of the molecule is Cc1cc(C)c2c(c1)COP(=O)(OC[C@@]1(F)O[C@@H](n3cc(C=O)c(=O)[nH]c3=S)[C@H](O)[C@@H]1O)O2.[2H]C([2H])(OP1(=O)OCc2cc(C)cc(C)c2O1)[C@@]1(F)O[C@@H](n2cc(C=O)c(=O)[nH]c2=S)[C@H](O)[C@@H]1O.[2H]C([2H])(OP1(=O)OCc2cc(C)cc(C)c2O1)[C@@]1(F)O[C@@]([2H])(n2cc(C=O)c(=O)[nH]c2=S)[C@H](O)[C@@H]1O.[2H][C@@]1(n2cc(C=O)c(=O)[nH]c2=S)O[C@](F)(COP2(=O)OCc3cc(C)cc(C)c3O2)[C@@H](O)[C@H]1O. The number of ether oxygens (including phenoxy) is 4. The van der Waals surface area contributed by atoms with Crippen molar-refractivity contribution in [2.24, 2.45) is 0 Å². The summed E-state index contributed by atoms with van der Waals surface area (Å²) in [4.78, 5) is 99.7. The number of aromatic amines is 4. The van der Waals surface area contributed by atoms with E-state index < -0.39 is 208 Å². The van der Waals surface area contributed by atoms with Crippen LogP contribution in [0.3, 0.4) is 0 Å². The lowest BCUT2D eigenvalue weighted by molar-refractivity contribution is -0.205. The van der Waals surface area contributed by atoms with Gasteiger partial charge in [-0.2, -0.15) is 0 Å². The summed E-state index contributed by atoms with van der Waals surface area (Å²) in [5, 5.41) is 83.1. The van der Waals surface area contributed by atoms with E-state index in [2.05, 4.69) is 15.0 Å². The summed E-state index contributed by atoms with van der Waals surface area (Å²) >= 11 is 19.7. The van der Waals surface area contributed by atoms with Gasteiger partial charge in [-0.05, 0) is 127 Å². The number of alkyl halides is 4. The molecule has 4 aromatic heterocycles. The predicted octanol–water partition coefficient (Wildman–Crippen LogP) is 7.94. The monoisotopic (exact) mass is 2010 g/mol. The molecule has 12 N–H and O–H groups in total. The summed E-state index contributed by atoms with van der Waals surface area (Å²) in [5.41, 5.74) is 2.83. The Hall–Kier alpha value is -9.00. The summed E-state index contributed by atoms with van der Waals surface area (Å²) in [6.07, 6.45) is -24.4. The number of aromatic nitrogens is 8. The van der Waals surface area contributed by atoms with E-state index in [9.17, 15) is 97.5 Å². The molecule has 0 amide bonds. The standard InChI is InChI=1S/4C19H20FN2O9PS/c4*1-9-3-10(2)14-11(4-9)7-28-32(27,31-14)29-8-19(20)15(25)13(24)17(30-19)22-5-12(6-23)16(26)21-18(22)33/h4*3-6,13,15,17,24-25H,7-8H2,1-2H3,(H,21,26,33)/t4*13-,15+,17-,19-,32?/m1111/s1/i8D2,17D;17D;8D2;. The number of aryl methyl sites for hydroxylation is 8. The maximum absolute atomic E-state index is 16.0. The van der Waals surface area contributed by atoms with E-state index in [0.29, 0.717) is 59.8 Å². The van der Waals surface area contributed by atoms with Gasteiger partial charge < -0.3 is 77.9 Å². The molecule has 8 aromatic rings. The van der Waals surface area contributed by atoms with Crippen LogP contribution in [0.2, 0.25) is 0 Å². The largest absolute Gasteiger partial charge is 0.530 e.